The molecule has 2 rings (SSSR count). The highest BCUT2D eigenvalue weighted by molar-refractivity contribution is 6.35. The van der Waals surface area contributed by atoms with Gasteiger partial charge in [-0.1, -0.05) is 53.5 Å². The van der Waals surface area contributed by atoms with E-state index in [0.717, 1.165) is 0 Å². The Bertz CT molecular complexity index is 861. The Morgan fingerprint density at radius 1 is 1.04 bits per heavy atom. The maximum absolute atomic E-state index is 12.5. The van der Waals surface area contributed by atoms with E-state index in [0.29, 0.717) is 10.6 Å². The highest BCUT2D eigenvalue weighted by Gasteiger charge is 2.29. The van der Waals surface area contributed by atoms with Crippen LogP contribution in [-0.2, 0) is 14.3 Å². The Labute approximate surface area is 171 Å². The Hall–Kier alpha value is -2.77. The number of rotatable bonds is 6. The number of hydrogen-bond donors (Lipinski definition) is 2. The van der Waals surface area contributed by atoms with E-state index in [9.17, 15) is 14.4 Å². The summed E-state index contributed by atoms with van der Waals surface area (Å²) in [6.45, 7) is 1.45. The summed E-state index contributed by atoms with van der Waals surface area (Å²) in [5.41, 5.74) is 0.397. The van der Waals surface area contributed by atoms with Gasteiger partial charge in [0.05, 0.1) is 5.02 Å². The summed E-state index contributed by atoms with van der Waals surface area (Å²) in [4.78, 5) is 36.3. The number of nitrogens with one attached hydrogen (secondary N) is 2. The summed E-state index contributed by atoms with van der Waals surface area (Å²) >= 11 is 11.9. The molecule has 0 aliphatic rings. The standard InChI is InChI=1S/C19H18Cl2N2O5/c1-11(27-15-9-8-13(20)10-14(15)21)18(25)28-16(12-6-4-3-5-7-12)17(24)23-19(26)22-2/h3-11,16H,1-2H3,(H2,22,23,24,26). The molecule has 0 spiro atoms. The average Bonchev–Trinajstić information content (AvgIpc) is 2.68. The number of hydrogen-bond acceptors (Lipinski definition) is 5. The molecular formula is C19H18Cl2N2O5. The number of amides is 3. The highest BCUT2D eigenvalue weighted by atomic mass is 35.5. The second-order valence-corrected chi connectivity index (χ2v) is 6.47. The first-order chi connectivity index (χ1) is 13.3. The molecule has 9 heteroatoms. The summed E-state index contributed by atoms with van der Waals surface area (Å²) in [7, 11) is 1.36. The van der Waals surface area contributed by atoms with Crippen molar-refractivity contribution < 1.29 is 23.9 Å². The molecule has 2 N–H and O–H groups in total. The second-order valence-electron chi connectivity index (χ2n) is 5.63. The molecule has 2 aromatic rings. The molecule has 0 aliphatic heterocycles. The van der Waals surface area contributed by atoms with Crippen molar-refractivity contribution in [3.63, 3.8) is 0 Å². The molecule has 7 nitrogen and oxygen atoms in total. The summed E-state index contributed by atoms with van der Waals surface area (Å²) in [5.74, 6) is -1.37. The van der Waals surface area contributed by atoms with Crippen molar-refractivity contribution in [3.8, 4) is 5.75 Å². The van der Waals surface area contributed by atoms with E-state index in [1.165, 1.54) is 26.1 Å². The second kappa shape index (κ2) is 9.96. The van der Waals surface area contributed by atoms with Crippen LogP contribution in [0.4, 0.5) is 4.79 Å². The molecule has 2 aromatic carbocycles. The third kappa shape index (κ3) is 5.87. The van der Waals surface area contributed by atoms with Crippen LogP contribution in [0.3, 0.4) is 0 Å². The quantitative estimate of drug-likeness (QED) is 0.691. The van der Waals surface area contributed by atoms with Crippen molar-refractivity contribution in [3.05, 3.63) is 64.1 Å². The lowest BCUT2D eigenvalue weighted by Gasteiger charge is -2.20. The van der Waals surface area contributed by atoms with Gasteiger partial charge in [0.15, 0.2) is 6.10 Å². The lowest BCUT2D eigenvalue weighted by atomic mass is 10.1. The van der Waals surface area contributed by atoms with E-state index in [-0.39, 0.29) is 10.8 Å². The van der Waals surface area contributed by atoms with Crippen LogP contribution < -0.4 is 15.4 Å². The van der Waals surface area contributed by atoms with Gasteiger partial charge in [0.1, 0.15) is 5.75 Å². The summed E-state index contributed by atoms with van der Waals surface area (Å²) < 4.78 is 10.8. The van der Waals surface area contributed by atoms with Gasteiger partial charge in [-0.2, -0.15) is 0 Å². The molecule has 2 unspecified atom stereocenters. The van der Waals surface area contributed by atoms with Gasteiger partial charge in [0.25, 0.3) is 5.91 Å². The highest BCUT2D eigenvalue weighted by Crippen LogP contribution is 2.29. The van der Waals surface area contributed by atoms with Crippen molar-refractivity contribution in [2.24, 2.45) is 0 Å². The van der Waals surface area contributed by atoms with Gasteiger partial charge < -0.3 is 14.8 Å². The Morgan fingerprint density at radius 3 is 2.32 bits per heavy atom. The zero-order chi connectivity index (χ0) is 20.7. The molecule has 0 saturated heterocycles. The number of halogens is 2. The van der Waals surface area contributed by atoms with Crippen molar-refractivity contribution in [1.82, 2.24) is 10.6 Å². The minimum absolute atomic E-state index is 0.226. The first-order valence-electron chi connectivity index (χ1n) is 8.21. The van der Waals surface area contributed by atoms with E-state index >= 15 is 0 Å². The molecule has 0 bridgehead atoms. The van der Waals surface area contributed by atoms with Crippen LogP contribution in [0, 0.1) is 0 Å². The van der Waals surface area contributed by atoms with Crippen LogP contribution in [0.15, 0.2) is 48.5 Å². The lowest BCUT2D eigenvalue weighted by Crippen LogP contribution is -2.42. The molecule has 0 radical (unpaired) electrons. The molecule has 0 aromatic heterocycles. The molecular weight excluding hydrogens is 407 g/mol. The topological polar surface area (TPSA) is 93.7 Å². The van der Waals surface area contributed by atoms with E-state index in [1.54, 1.807) is 36.4 Å². The van der Waals surface area contributed by atoms with Crippen LogP contribution >= 0.6 is 23.2 Å². The molecule has 2 atom stereocenters. The van der Waals surface area contributed by atoms with Crippen LogP contribution in [0.5, 0.6) is 5.75 Å². The minimum Gasteiger partial charge on any atom is -0.477 e. The number of benzene rings is 2. The predicted octanol–water partition coefficient (Wildman–Crippen LogP) is 3.50. The van der Waals surface area contributed by atoms with Gasteiger partial charge >= 0.3 is 12.0 Å². The lowest BCUT2D eigenvalue weighted by molar-refractivity contribution is -0.162. The summed E-state index contributed by atoms with van der Waals surface area (Å²) in [6.07, 6.45) is -2.41. The van der Waals surface area contributed by atoms with Crippen LogP contribution in [0.1, 0.15) is 18.6 Å². The van der Waals surface area contributed by atoms with Crippen molar-refractivity contribution in [1.29, 1.82) is 0 Å². The van der Waals surface area contributed by atoms with Gasteiger partial charge in [-0.15, -0.1) is 0 Å². The Balaban J connectivity index is 2.14. The van der Waals surface area contributed by atoms with Crippen molar-refractivity contribution >= 4 is 41.1 Å². The normalized spacial score (nSPS) is 12.4. The van der Waals surface area contributed by atoms with Crippen LogP contribution in [-0.4, -0.2) is 31.1 Å². The number of carbonyl (C=O) groups is 3. The Morgan fingerprint density at radius 2 is 1.71 bits per heavy atom. The Kier molecular flexibility index (Phi) is 7.66. The number of carbonyl (C=O) groups excluding carboxylic acids is 3. The maximum Gasteiger partial charge on any atom is 0.348 e. The number of ether oxygens (including phenoxy) is 2. The van der Waals surface area contributed by atoms with E-state index in [4.69, 9.17) is 32.7 Å². The van der Waals surface area contributed by atoms with Gasteiger partial charge in [-0.05, 0) is 25.1 Å². The summed E-state index contributed by atoms with van der Waals surface area (Å²) in [6, 6.07) is 12.1. The molecule has 0 heterocycles. The molecule has 0 aliphatic carbocycles. The van der Waals surface area contributed by atoms with E-state index < -0.39 is 30.1 Å². The zero-order valence-corrected chi connectivity index (χ0v) is 16.6. The van der Waals surface area contributed by atoms with Crippen molar-refractivity contribution in [2.45, 2.75) is 19.1 Å². The SMILES string of the molecule is CNC(=O)NC(=O)C(OC(=O)C(C)Oc1ccc(Cl)cc1Cl)c1ccccc1. The van der Waals surface area contributed by atoms with E-state index in [1.807, 2.05) is 0 Å². The van der Waals surface area contributed by atoms with Crippen molar-refractivity contribution in [2.75, 3.05) is 7.05 Å². The number of esters is 1. The van der Waals surface area contributed by atoms with Gasteiger partial charge in [0.2, 0.25) is 6.10 Å². The molecule has 3 amide bonds. The van der Waals surface area contributed by atoms with Gasteiger partial charge in [-0.3, -0.25) is 10.1 Å². The molecule has 0 saturated carbocycles. The van der Waals surface area contributed by atoms with Crippen LogP contribution in [0.25, 0.3) is 0 Å². The number of urea groups is 1. The fraction of sp³-hybridized carbons (Fsp3) is 0.211. The van der Waals surface area contributed by atoms with Crippen LogP contribution in [0.2, 0.25) is 10.0 Å². The van der Waals surface area contributed by atoms with Gasteiger partial charge in [-0.25, -0.2) is 9.59 Å². The van der Waals surface area contributed by atoms with Gasteiger partial charge in [0, 0.05) is 17.6 Å². The fourth-order valence-corrected chi connectivity index (χ4v) is 2.62. The largest absolute Gasteiger partial charge is 0.477 e. The zero-order valence-electron chi connectivity index (χ0n) is 15.1. The first-order valence-corrected chi connectivity index (χ1v) is 8.97. The third-order valence-electron chi connectivity index (χ3n) is 3.57. The fourth-order valence-electron chi connectivity index (χ4n) is 2.16. The maximum atomic E-state index is 12.5. The third-order valence-corrected chi connectivity index (χ3v) is 4.10. The van der Waals surface area contributed by atoms with E-state index in [2.05, 4.69) is 10.6 Å². The average molecular weight is 425 g/mol. The smallest absolute Gasteiger partial charge is 0.348 e. The molecule has 0 fully saturated rings. The minimum atomic E-state index is -1.34. The molecule has 148 valence electrons. The number of imide groups is 1. The molecule has 28 heavy (non-hydrogen) atoms. The summed E-state index contributed by atoms with van der Waals surface area (Å²) in [5, 5.41) is 5.00. The monoisotopic (exact) mass is 424 g/mol. The first kappa shape index (κ1) is 21.5. The predicted molar refractivity (Wildman–Crippen MR) is 104 cm³/mol.